The molecule has 0 bridgehead atoms. The molecule has 1 unspecified atom stereocenters. The number of amides is 2. The molecule has 1 fully saturated rings. The molecule has 39 heavy (non-hydrogen) atoms. The third-order valence-corrected chi connectivity index (χ3v) is 7.87. The number of carboxylic acid groups (broad SMARTS) is 1. The maximum absolute atomic E-state index is 14.3. The number of hydrogen-bond donors (Lipinski definition) is 1. The summed E-state index contributed by atoms with van der Waals surface area (Å²) in [7, 11) is 1.76. The van der Waals surface area contributed by atoms with Gasteiger partial charge in [-0.25, -0.2) is 9.59 Å². The monoisotopic (exact) mass is 550 g/mol. The number of carbonyl (C=O) groups excluding carboxylic acids is 1. The van der Waals surface area contributed by atoms with Crippen LogP contribution >= 0.6 is 11.6 Å². The Bertz CT molecular complexity index is 1350. The third kappa shape index (κ3) is 5.73. The van der Waals surface area contributed by atoms with E-state index in [9.17, 15) is 9.59 Å². The van der Waals surface area contributed by atoms with Crippen molar-refractivity contribution in [3.63, 3.8) is 0 Å². The van der Waals surface area contributed by atoms with Gasteiger partial charge < -0.3 is 24.4 Å². The topological polar surface area (TPSA) is 95.4 Å². The van der Waals surface area contributed by atoms with Crippen molar-refractivity contribution >= 4 is 35.2 Å². The molecule has 10 heteroatoms. The highest BCUT2D eigenvalue weighted by molar-refractivity contribution is 6.31. The van der Waals surface area contributed by atoms with E-state index in [0.29, 0.717) is 29.5 Å². The number of anilines is 2. The van der Waals surface area contributed by atoms with Crippen molar-refractivity contribution in [1.82, 2.24) is 9.88 Å². The van der Waals surface area contributed by atoms with Crippen LogP contribution in [-0.2, 0) is 0 Å². The summed E-state index contributed by atoms with van der Waals surface area (Å²) in [5, 5.41) is 9.75. The molecule has 0 radical (unpaired) electrons. The van der Waals surface area contributed by atoms with Crippen molar-refractivity contribution in [3.8, 4) is 11.5 Å². The molecule has 204 valence electrons. The van der Waals surface area contributed by atoms with E-state index in [4.69, 9.17) is 26.2 Å². The average Bonchev–Trinajstić information content (AvgIpc) is 2.95. The van der Waals surface area contributed by atoms with Crippen LogP contribution in [0.1, 0.15) is 36.4 Å². The first-order chi connectivity index (χ1) is 18.8. The van der Waals surface area contributed by atoms with E-state index in [1.165, 1.54) is 0 Å². The lowest BCUT2D eigenvalue weighted by Crippen LogP contribution is -2.53. The second-order valence-electron chi connectivity index (χ2n) is 9.83. The van der Waals surface area contributed by atoms with Crippen molar-refractivity contribution in [1.29, 1.82) is 0 Å². The lowest BCUT2D eigenvalue weighted by Gasteiger charge is -2.45. The summed E-state index contributed by atoms with van der Waals surface area (Å²) in [5.74, 6) is 0.812. The predicted octanol–water partition coefficient (Wildman–Crippen LogP) is 6.15. The smallest absolute Gasteiger partial charge is 0.493 e. The fourth-order valence-corrected chi connectivity index (χ4v) is 5.56. The normalized spacial score (nSPS) is 17.1. The van der Waals surface area contributed by atoms with Crippen LogP contribution in [0.25, 0.3) is 0 Å². The first kappa shape index (κ1) is 26.6. The highest BCUT2D eigenvalue weighted by Gasteiger charge is 2.38. The average molecular weight is 551 g/mol. The number of rotatable bonds is 5. The Morgan fingerprint density at radius 3 is 2.51 bits per heavy atom. The molecule has 1 atom stereocenters. The number of ether oxygens (including phenoxy) is 2. The maximum Gasteiger partial charge on any atom is 0.511 e. The van der Waals surface area contributed by atoms with E-state index in [-0.39, 0.29) is 23.9 Å². The van der Waals surface area contributed by atoms with Crippen molar-refractivity contribution in [2.75, 3.05) is 36.5 Å². The van der Waals surface area contributed by atoms with Crippen LogP contribution in [-0.4, -0.2) is 60.0 Å². The number of carbonyl (C=O) groups is 2. The van der Waals surface area contributed by atoms with Gasteiger partial charge in [0.25, 0.3) is 0 Å². The molecule has 1 aromatic heterocycles. The number of halogens is 1. The van der Waals surface area contributed by atoms with Gasteiger partial charge in [0.15, 0.2) is 0 Å². The molecular formula is C29H31ClN4O5. The van der Waals surface area contributed by atoms with Crippen LogP contribution in [0.15, 0.2) is 60.9 Å². The minimum atomic E-state index is -1.39. The van der Waals surface area contributed by atoms with E-state index in [2.05, 4.69) is 9.88 Å². The summed E-state index contributed by atoms with van der Waals surface area (Å²) in [5.41, 5.74) is 3.48. The number of urea groups is 1. The number of fused-ring (bicyclic) bond motifs is 1. The van der Waals surface area contributed by atoms with Crippen LogP contribution < -0.4 is 19.3 Å². The van der Waals surface area contributed by atoms with Crippen LogP contribution in [0.5, 0.6) is 11.5 Å². The maximum atomic E-state index is 14.3. The Morgan fingerprint density at radius 1 is 1.08 bits per heavy atom. The highest BCUT2D eigenvalue weighted by Crippen LogP contribution is 2.41. The van der Waals surface area contributed by atoms with E-state index in [1.807, 2.05) is 36.1 Å². The van der Waals surface area contributed by atoms with Crippen molar-refractivity contribution in [3.05, 3.63) is 77.1 Å². The predicted molar refractivity (Wildman–Crippen MR) is 149 cm³/mol. The molecule has 0 spiro atoms. The van der Waals surface area contributed by atoms with Gasteiger partial charge in [-0.2, -0.15) is 0 Å². The number of nitrogens with zero attached hydrogens (tertiary/aromatic N) is 4. The Morgan fingerprint density at radius 2 is 1.82 bits per heavy atom. The zero-order chi connectivity index (χ0) is 27.5. The minimum absolute atomic E-state index is 0.0426. The van der Waals surface area contributed by atoms with Gasteiger partial charge in [-0.15, -0.1) is 0 Å². The number of hydrogen-bond acceptors (Lipinski definition) is 6. The molecule has 1 N–H and O–H groups in total. The summed E-state index contributed by atoms with van der Waals surface area (Å²) in [6.07, 6.45) is 4.30. The van der Waals surface area contributed by atoms with E-state index in [1.54, 1.807) is 48.6 Å². The quantitative estimate of drug-likeness (QED) is 0.300. The van der Waals surface area contributed by atoms with Gasteiger partial charge in [0, 0.05) is 67.0 Å². The molecule has 5 rings (SSSR count). The van der Waals surface area contributed by atoms with Gasteiger partial charge in [0.05, 0.1) is 12.6 Å². The Hall–Kier alpha value is -3.98. The highest BCUT2D eigenvalue weighted by atomic mass is 35.5. The van der Waals surface area contributed by atoms with Crippen molar-refractivity contribution in [2.45, 2.75) is 38.3 Å². The van der Waals surface area contributed by atoms with Crippen LogP contribution in [0, 0.1) is 6.92 Å². The Kier molecular flexibility index (Phi) is 7.79. The summed E-state index contributed by atoms with van der Waals surface area (Å²) < 4.78 is 10.8. The van der Waals surface area contributed by atoms with E-state index < -0.39 is 6.16 Å². The summed E-state index contributed by atoms with van der Waals surface area (Å²) in [4.78, 5) is 35.5. The van der Waals surface area contributed by atoms with Gasteiger partial charge in [0.2, 0.25) is 0 Å². The van der Waals surface area contributed by atoms with Crippen LogP contribution in [0.4, 0.5) is 21.0 Å². The zero-order valence-corrected chi connectivity index (χ0v) is 22.7. The van der Waals surface area contributed by atoms with E-state index >= 15 is 0 Å². The summed E-state index contributed by atoms with van der Waals surface area (Å²) in [6.45, 7) is 3.94. The summed E-state index contributed by atoms with van der Waals surface area (Å²) in [6, 6.07) is 14.0. The molecule has 2 amide bonds. The van der Waals surface area contributed by atoms with Crippen LogP contribution in [0.3, 0.4) is 0 Å². The van der Waals surface area contributed by atoms with Gasteiger partial charge in [-0.05, 0) is 67.8 Å². The Labute approximate surface area is 232 Å². The number of aryl methyl sites for hydroxylation is 1. The van der Waals surface area contributed by atoms with Gasteiger partial charge >= 0.3 is 12.2 Å². The largest absolute Gasteiger partial charge is 0.511 e. The molecule has 0 saturated carbocycles. The van der Waals surface area contributed by atoms with Crippen molar-refractivity contribution < 1.29 is 24.2 Å². The van der Waals surface area contributed by atoms with Crippen molar-refractivity contribution in [2.24, 2.45) is 0 Å². The van der Waals surface area contributed by atoms with Crippen LogP contribution in [0.2, 0.25) is 5.02 Å². The number of pyridine rings is 1. The second-order valence-corrected chi connectivity index (χ2v) is 10.2. The van der Waals surface area contributed by atoms with Gasteiger partial charge in [-0.3, -0.25) is 9.88 Å². The van der Waals surface area contributed by atoms with Gasteiger partial charge in [0.1, 0.15) is 11.5 Å². The second kappa shape index (κ2) is 11.4. The fraction of sp³-hybridized carbons (Fsp3) is 0.345. The lowest BCUT2D eigenvalue weighted by atomic mass is 9.94. The number of aromatic nitrogens is 1. The summed E-state index contributed by atoms with van der Waals surface area (Å²) >= 11 is 6.40. The standard InChI is InChI=1S/C29H31ClN4O5/c1-19-3-4-22(17-25(19)30)32(2)28(35)34(21-9-14-33(15-10-21)20-7-12-31-13-8-20)26-11-16-38-27-6-5-23(18-24(26)27)39-29(36)37/h3-8,12-13,17-18,21,26H,9-11,14-16H2,1-2H3,(H,36,37). The third-order valence-electron chi connectivity index (χ3n) is 7.47. The number of benzene rings is 2. The molecule has 0 aliphatic carbocycles. The SMILES string of the molecule is Cc1ccc(N(C)C(=O)N(C2CCN(c3ccncc3)CC2)C2CCOc3ccc(OC(=O)O)cc32)cc1Cl. The Balaban J connectivity index is 1.48. The van der Waals surface area contributed by atoms with E-state index in [0.717, 1.165) is 42.7 Å². The minimum Gasteiger partial charge on any atom is -0.493 e. The lowest BCUT2D eigenvalue weighted by molar-refractivity contribution is 0.109. The molecular weight excluding hydrogens is 520 g/mol. The molecule has 2 aliphatic rings. The first-order valence-electron chi connectivity index (χ1n) is 13.0. The molecule has 9 nitrogen and oxygen atoms in total. The number of piperidine rings is 1. The fourth-order valence-electron chi connectivity index (χ4n) is 5.38. The molecule has 1 saturated heterocycles. The molecule has 3 aromatic rings. The molecule has 3 heterocycles. The zero-order valence-electron chi connectivity index (χ0n) is 21.9. The molecule has 2 aliphatic heterocycles. The first-order valence-corrected chi connectivity index (χ1v) is 13.3. The molecule has 2 aromatic carbocycles. The van der Waals surface area contributed by atoms with Gasteiger partial charge in [-0.1, -0.05) is 17.7 Å².